The third-order valence-corrected chi connectivity index (χ3v) is 9.74. The Morgan fingerprint density at radius 2 is 1.47 bits per heavy atom. The highest BCUT2D eigenvalue weighted by Gasteiger charge is 2.39. The van der Waals surface area contributed by atoms with Gasteiger partial charge in [-0.3, -0.25) is 19.7 Å². The van der Waals surface area contributed by atoms with Crippen molar-refractivity contribution < 1.29 is 33.7 Å². The van der Waals surface area contributed by atoms with Crippen LogP contribution >= 0.6 is 0 Å². The van der Waals surface area contributed by atoms with Crippen LogP contribution in [0.15, 0.2) is 97.1 Å². The van der Waals surface area contributed by atoms with Gasteiger partial charge in [0.05, 0.1) is 6.61 Å². The molecule has 0 radical (unpaired) electrons. The summed E-state index contributed by atoms with van der Waals surface area (Å²) in [5.41, 5.74) is 8.43. The number of benzene rings is 4. The maximum absolute atomic E-state index is 12.9. The van der Waals surface area contributed by atoms with Crippen LogP contribution in [0.5, 0.6) is 11.5 Å². The van der Waals surface area contributed by atoms with E-state index in [9.17, 15) is 19.5 Å². The summed E-state index contributed by atoms with van der Waals surface area (Å²) in [7, 11) is 0. The van der Waals surface area contributed by atoms with Crippen molar-refractivity contribution >= 4 is 28.9 Å². The number of imide groups is 1. The minimum absolute atomic E-state index is 0.142. The second-order valence-electron chi connectivity index (χ2n) is 13.4. The summed E-state index contributed by atoms with van der Waals surface area (Å²) in [6.07, 6.45) is 5.09. The van der Waals surface area contributed by atoms with E-state index in [1.165, 1.54) is 11.1 Å². The van der Waals surface area contributed by atoms with Gasteiger partial charge < -0.3 is 24.2 Å². The van der Waals surface area contributed by atoms with Crippen molar-refractivity contribution in [2.45, 2.75) is 64.5 Å². The lowest BCUT2D eigenvalue weighted by molar-refractivity contribution is -0.136. The first-order chi connectivity index (χ1) is 25.9. The first-order valence-corrected chi connectivity index (χ1v) is 18.6. The van der Waals surface area contributed by atoms with Crippen molar-refractivity contribution in [3.63, 3.8) is 0 Å². The number of carbonyl (C=O) groups is 3. The number of aryl methyl sites for hydroxylation is 1. The number of amides is 3. The molecule has 6 rings (SSSR count). The number of piperidine rings is 1. The standard InChI is InChI=1S/C44H48N2O7/c1-2-38(32-10-4-3-5-11-32)42(33-13-17-36(47)18-14-33)34-15-19-37(20-16-34)53-28-27-52-26-8-25-51-24-7-6-9-31-12-21-39-35(29-31)30-46(44(39)50)40-22-23-41(48)45-43(40)49/h3-5,10-21,29,40,47H,2,6-9,22-28,30H2,1H3,(H,45,48,49)/b42-38-. The number of rotatable bonds is 18. The molecule has 53 heavy (non-hydrogen) atoms. The van der Waals surface area contributed by atoms with Gasteiger partial charge in [0.15, 0.2) is 0 Å². The van der Waals surface area contributed by atoms with Crippen LogP contribution in [0.2, 0.25) is 0 Å². The number of hydrogen-bond donors (Lipinski definition) is 2. The fraction of sp³-hybridized carbons (Fsp3) is 0.341. The maximum Gasteiger partial charge on any atom is 0.255 e. The van der Waals surface area contributed by atoms with Gasteiger partial charge in [-0.25, -0.2) is 0 Å². The zero-order chi connectivity index (χ0) is 37.0. The van der Waals surface area contributed by atoms with Crippen molar-refractivity contribution in [3.8, 4) is 11.5 Å². The summed E-state index contributed by atoms with van der Waals surface area (Å²) < 4.78 is 17.5. The Morgan fingerprint density at radius 3 is 2.19 bits per heavy atom. The molecule has 276 valence electrons. The smallest absolute Gasteiger partial charge is 0.255 e. The fourth-order valence-electron chi connectivity index (χ4n) is 7.03. The number of nitrogens with one attached hydrogen (secondary N) is 1. The van der Waals surface area contributed by atoms with Gasteiger partial charge in [-0.1, -0.05) is 73.7 Å². The van der Waals surface area contributed by atoms with Crippen LogP contribution in [0.3, 0.4) is 0 Å². The van der Waals surface area contributed by atoms with Gasteiger partial charge in [0.1, 0.15) is 24.1 Å². The van der Waals surface area contributed by atoms with Crippen LogP contribution in [-0.4, -0.2) is 66.8 Å². The number of fused-ring (bicyclic) bond motifs is 1. The minimum Gasteiger partial charge on any atom is -0.508 e. The second-order valence-corrected chi connectivity index (χ2v) is 13.4. The van der Waals surface area contributed by atoms with Gasteiger partial charge in [0.25, 0.3) is 5.91 Å². The summed E-state index contributed by atoms with van der Waals surface area (Å²) in [6.45, 7) is 5.43. The van der Waals surface area contributed by atoms with Crippen molar-refractivity contribution in [2.75, 3.05) is 33.0 Å². The summed E-state index contributed by atoms with van der Waals surface area (Å²) in [4.78, 5) is 38.3. The van der Waals surface area contributed by atoms with Gasteiger partial charge in [-0.2, -0.15) is 0 Å². The first kappa shape index (κ1) is 37.5. The summed E-state index contributed by atoms with van der Waals surface area (Å²) in [5.74, 6) is 0.217. The molecule has 0 bridgehead atoms. The normalized spacial score (nSPS) is 16.0. The highest BCUT2D eigenvalue weighted by molar-refractivity contribution is 6.05. The number of nitrogens with zero attached hydrogens (tertiary/aromatic N) is 1. The Balaban J connectivity index is 0.855. The Labute approximate surface area is 311 Å². The summed E-state index contributed by atoms with van der Waals surface area (Å²) >= 11 is 0. The monoisotopic (exact) mass is 716 g/mol. The van der Waals surface area contributed by atoms with E-state index in [1.54, 1.807) is 17.0 Å². The second kappa shape index (κ2) is 18.5. The Bertz CT molecular complexity index is 1890. The number of carbonyl (C=O) groups excluding carboxylic acids is 3. The zero-order valence-corrected chi connectivity index (χ0v) is 30.4. The van der Waals surface area contributed by atoms with E-state index < -0.39 is 6.04 Å². The molecule has 0 aromatic heterocycles. The molecule has 1 atom stereocenters. The lowest BCUT2D eigenvalue weighted by Gasteiger charge is -2.29. The predicted octanol–water partition coefficient (Wildman–Crippen LogP) is 7.35. The van der Waals surface area contributed by atoms with Crippen LogP contribution in [0, 0.1) is 0 Å². The number of hydrogen-bond acceptors (Lipinski definition) is 7. The van der Waals surface area contributed by atoms with Crippen LogP contribution in [0.4, 0.5) is 0 Å². The molecule has 0 saturated carbocycles. The Morgan fingerprint density at radius 1 is 0.774 bits per heavy atom. The molecule has 9 nitrogen and oxygen atoms in total. The van der Waals surface area contributed by atoms with Crippen LogP contribution in [0.1, 0.15) is 83.6 Å². The van der Waals surface area contributed by atoms with E-state index in [1.807, 2.05) is 42.5 Å². The molecule has 2 heterocycles. The molecular weight excluding hydrogens is 668 g/mol. The van der Waals surface area contributed by atoms with Crippen molar-refractivity contribution in [3.05, 3.63) is 130 Å². The number of phenolic OH excluding ortho intramolecular Hbond substituents is 1. The van der Waals surface area contributed by atoms with Gasteiger partial charge in [0, 0.05) is 38.3 Å². The van der Waals surface area contributed by atoms with Crippen molar-refractivity contribution in [1.82, 2.24) is 10.2 Å². The van der Waals surface area contributed by atoms with Crippen LogP contribution in [-0.2, 0) is 32.0 Å². The molecule has 2 aliphatic heterocycles. The third kappa shape index (κ3) is 9.80. The van der Waals surface area contributed by atoms with Crippen molar-refractivity contribution in [2.24, 2.45) is 0 Å². The maximum atomic E-state index is 12.9. The molecule has 1 fully saturated rings. The zero-order valence-electron chi connectivity index (χ0n) is 30.4. The van der Waals surface area contributed by atoms with E-state index in [-0.39, 0.29) is 29.9 Å². The topological polar surface area (TPSA) is 114 Å². The SMILES string of the molecule is CC/C(=C(\c1ccc(O)cc1)c1ccc(OCCOCCCOCCCCc2ccc3c(c2)CN(C2CCC(=O)NC2=O)C3=O)cc1)c1ccccc1. The quantitative estimate of drug-likeness (QED) is 0.0629. The molecule has 4 aromatic carbocycles. The number of aromatic hydroxyl groups is 1. The van der Waals surface area contributed by atoms with Crippen LogP contribution < -0.4 is 10.1 Å². The minimum atomic E-state index is -0.591. The lowest BCUT2D eigenvalue weighted by atomic mass is 9.88. The molecule has 2 N–H and O–H groups in total. The molecule has 1 unspecified atom stereocenters. The average Bonchev–Trinajstić information content (AvgIpc) is 3.50. The van der Waals surface area contributed by atoms with E-state index >= 15 is 0 Å². The van der Waals surface area contributed by atoms with Crippen LogP contribution in [0.25, 0.3) is 11.1 Å². The molecule has 1 saturated heterocycles. The fourth-order valence-corrected chi connectivity index (χ4v) is 7.03. The van der Waals surface area contributed by atoms with E-state index in [4.69, 9.17) is 14.2 Å². The van der Waals surface area contributed by atoms with Crippen molar-refractivity contribution in [1.29, 1.82) is 0 Å². The molecule has 4 aromatic rings. The molecule has 0 spiro atoms. The largest absolute Gasteiger partial charge is 0.508 e. The molecule has 3 amide bonds. The van der Waals surface area contributed by atoms with Gasteiger partial charge in [-0.15, -0.1) is 0 Å². The van der Waals surface area contributed by atoms with Gasteiger partial charge >= 0.3 is 0 Å². The van der Waals surface area contributed by atoms with E-state index in [2.05, 4.69) is 54.7 Å². The Kier molecular flexibility index (Phi) is 13.1. The number of ether oxygens (including phenoxy) is 3. The molecular formula is C44H48N2O7. The Hall–Kier alpha value is -5.25. The highest BCUT2D eigenvalue weighted by Crippen LogP contribution is 2.35. The van der Waals surface area contributed by atoms with E-state index in [0.29, 0.717) is 51.6 Å². The number of unbranched alkanes of at least 4 members (excludes halogenated alkanes) is 1. The molecule has 9 heteroatoms. The molecule has 2 aliphatic rings. The molecule has 0 aliphatic carbocycles. The van der Waals surface area contributed by atoms with Gasteiger partial charge in [-0.05, 0) is 108 Å². The lowest BCUT2D eigenvalue weighted by Crippen LogP contribution is -2.52. The third-order valence-electron chi connectivity index (χ3n) is 9.74. The first-order valence-electron chi connectivity index (χ1n) is 18.6. The highest BCUT2D eigenvalue weighted by atomic mass is 16.5. The predicted molar refractivity (Wildman–Crippen MR) is 204 cm³/mol. The summed E-state index contributed by atoms with van der Waals surface area (Å²) in [6, 6.07) is 31.3. The number of phenols is 1. The number of allylic oxidation sites excluding steroid dienone is 1. The van der Waals surface area contributed by atoms with E-state index in [0.717, 1.165) is 65.7 Å². The summed E-state index contributed by atoms with van der Waals surface area (Å²) in [5, 5.41) is 12.2. The van der Waals surface area contributed by atoms with Gasteiger partial charge in [0.2, 0.25) is 11.8 Å². The average molecular weight is 717 g/mol.